The molecule has 0 spiro atoms. The first-order valence-corrected chi connectivity index (χ1v) is 7.10. The molecule has 0 unspecified atom stereocenters. The molecule has 122 valence electrons. The van der Waals surface area contributed by atoms with E-state index in [0.717, 1.165) is 11.8 Å². The van der Waals surface area contributed by atoms with E-state index >= 15 is 0 Å². The quantitative estimate of drug-likeness (QED) is 0.281. The molecule has 2 aromatic rings. The molecule has 8 nitrogen and oxygen atoms in total. The Morgan fingerprint density at radius 1 is 1.46 bits per heavy atom. The number of esters is 1. The molecular weight excluding hydrogens is 314 g/mol. The van der Waals surface area contributed by atoms with Gasteiger partial charge >= 0.3 is 11.8 Å². The smallest absolute Gasteiger partial charge is 0.342 e. The summed E-state index contributed by atoms with van der Waals surface area (Å²) in [4.78, 5) is 38.1. The molecule has 1 aliphatic rings. The maximum absolute atomic E-state index is 12.6. The average Bonchev–Trinajstić information content (AvgIpc) is 3.01. The van der Waals surface area contributed by atoms with Gasteiger partial charge in [-0.3, -0.25) is 9.59 Å². The molecular formula is C16H13N3O5. The summed E-state index contributed by atoms with van der Waals surface area (Å²) in [7, 11) is 1.51. The summed E-state index contributed by atoms with van der Waals surface area (Å²) < 4.78 is 6.39. The van der Waals surface area contributed by atoms with E-state index in [1.807, 2.05) is 0 Å². The molecule has 0 atom stereocenters. The van der Waals surface area contributed by atoms with E-state index in [1.54, 1.807) is 18.2 Å². The van der Waals surface area contributed by atoms with Crippen molar-refractivity contribution < 1.29 is 19.2 Å². The van der Waals surface area contributed by atoms with Crippen molar-refractivity contribution in [1.29, 1.82) is 0 Å². The van der Waals surface area contributed by atoms with Gasteiger partial charge in [0.1, 0.15) is 11.9 Å². The van der Waals surface area contributed by atoms with Crippen LogP contribution in [0.1, 0.15) is 28.7 Å². The third-order valence-corrected chi connectivity index (χ3v) is 3.76. The van der Waals surface area contributed by atoms with Gasteiger partial charge in [0.25, 0.3) is 0 Å². The minimum absolute atomic E-state index is 0.162. The lowest BCUT2D eigenvalue weighted by Gasteiger charge is -2.05. The van der Waals surface area contributed by atoms with Crippen LogP contribution in [-0.4, -0.2) is 26.2 Å². The number of benzene rings is 1. The molecule has 3 rings (SSSR count). The zero-order valence-electron chi connectivity index (χ0n) is 13.0. The van der Waals surface area contributed by atoms with Gasteiger partial charge in [-0.2, -0.15) is 0 Å². The molecule has 8 heteroatoms. The zero-order chi connectivity index (χ0) is 17.4. The first-order chi connectivity index (χ1) is 11.4. The van der Waals surface area contributed by atoms with E-state index < -0.39 is 10.9 Å². The molecule has 0 saturated heterocycles. The van der Waals surface area contributed by atoms with Crippen molar-refractivity contribution in [2.75, 3.05) is 0 Å². The maximum Gasteiger partial charge on any atom is 0.342 e. The van der Waals surface area contributed by atoms with Crippen molar-refractivity contribution in [3.63, 3.8) is 0 Å². The molecule has 0 saturated carbocycles. The van der Waals surface area contributed by atoms with Crippen LogP contribution in [0.25, 0.3) is 6.08 Å². The highest BCUT2D eigenvalue weighted by Crippen LogP contribution is 2.34. The van der Waals surface area contributed by atoms with Crippen LogP contribution in [0.3, 0.4) is 0 Å². The van der Waals surface area contributed by atoms with Crippen molar-refractivity contribution in [3.8, 4) is 5.75 Å². The Balaban J connectivity index is 2.00. The second-order valence-electron chi connectivity index (χ2n) is 5.35. The van der Waals surface area contributed by atoms with E-state index in [4.69, 9.17) is 4.74 Å². The third kappa shape index (κ3) is 2.58. The Bertz CT molecular complexity index is 910. The fourth-order valence-electron chi connectivity index (χ4n) is 2.66. The number of allylic oxidation sites excluding steroid dienone is 1. The Morgan fingerprint density at radius 2 is 2.21 bits per heavy atom. The molecule has 1 aliphatic carbocycles. The number of aromatic nitrogens is 2. The molecule has 0 amide bonds. The number of nitro groups is 1. The van der Waals surface area contributed by atoms with Crippen LogP contribution >= 0.6 is 0 Å². The van der Waals surface area contributed by atoms with Gasteiger partial charge in [0.15, 0.2) is 5.78 Å². The minimum atomic E-state index is -0.543. The molecule has 1 heterocycles. The zero-order valence-corrected chi connectivity index (χ0v) is 13.0. The van der Waals surface area contributed by atoms with Crippen molar-refractivity contribution in [1.82, 2.24) is 9.55 Å². The Morgan fingerprint density at radius 3 is 2.83 bits per heavy atom. The van der Waals surface area contributed by atoms with Crippen LogP contribution in [-0.2, 0) is 18.3 Å². The predicted octanol–water partition coefficient (Wildman–Crippen LogP) is 2.08. The van der Waals surface area contributed by atoms with E-state index in [2.05, 4.69) is 4.98 Å². The molecule has 0 fully saturated rings. The number of ether oxygens (including phenoxy) is 1. The molecule has 24 heavy (non-hydrogen) atoms. The van der Waals surface area contributed by atoms with Crippen LogP contribution in [0.4, 0.5) is 5.82 Å². The molecule has 0 radical (unpaired) electrons. The molecule has 0 aliphatic heterocycles. The molecule has 1 aromatic heterocycles. The lowest BCUT2D eigenvalue weighted by Crippen LogP contribution is -2.06. The van der Waals surface area contributed by atoms with Gasteiger partial charge in [0, 0.05) is 25.0 Å². The number of carbonyl (C=O) groups is 2. The highest BCUT2D eigenvalue weighted by molar-refractivity contribution is 6.17. The van der Waals surface area contributed by atoms with Crippen LogP contribution in [0.15, 0.2) is 30.0 Å². The van der Waals surface area contributed by atoms with Gasteiger partial charge in [0.05, 0.1) is 12.6 Å². The summed E-state index contributed by atoms with van der Waals surface area (Å²) >= 11 is 0. The van der Waals surface area contributed by atoms with E-state index in [9.17, 15) is 19.7 Å². The highest BCUT2D eigenvalue weighted by Gasteiger charge is 2.30. The van der Waals surface area contributed by atoms with Gasteiger partial charge in [-0.15, -0.1) is 0 Å². The standard InChI is InChI=1S/C16H13N3O5/c1-9(20)24-12-5-3-4-10-6-11(16(21)15(10)12)7-13-17-8-14(18(13)2)19(22)23/h3-5,7-8H,6H2,1-2H3. The number of imidazole rings is 1. The molecule has 0 bridgehead atoms. The van der Waals surface area contributed by atoms with E-state index in [-0.39, 0.29) is 17.4 Å². The summed E-state index contributed by atoms with van der Waals surface area (Å²) in [5, 5.41) is 10.9. The number of fused-ring (bicyclic) bond motifs is 1. The topological polar surface area (TPSA) is 104 Å². The number of hydrogen-bond donors (Lipinski definition) is 0. The summed E-state index contributed by atoms with van der Waals surface area (Å²) in [5.74, 6) is -0.405. The summed E-state index contributed by atoms with van der Waals surface area (Å²) in [6.45, 7) is 1.27. The Kier molecular flexibility index (Phi) is 3.72. The maximum atomic E-state index is 12.6. The Labute approximate surface area is 136 Å². The third-order valence-electron chi connectivity index (χ3n) is 3.76. The number of Topliss-reactive ketones (excluding diaryl/α,β-unsaturated/α-hetero) is 1. The van der Waals surface area contributed by atoms with Crippen molar-refractivity contribution in [3.05, 3.63) is 57.0 Å². The van der Waals surface area contributed by atoms with Crippen molar-refractivity contribution >= 4 is 23.6 Å². The monoisotopic (exact) mass is 327 g/mol. The van der Waals surface area contributed by atoms with Gasteiger partial charge in [-0.1, -0.05) is 12.1 Å². The summed E-state index contributed by atoms with van der Waals surface area (Å²) in [6, 6.07) is 5.05. The minimum Gasteiger partial charge on any atom is -0.426 e. The van der Waals surface area contributed by atoms with Gasteiger partial charge in [0.2, 0.25) is 5.82 Å². The fourth-order valence-corrected chi connectivity index (χ4v) is 2.66. The highest BCUT2D eigenvalue weighted by atomic mass is 16.6. The molecule has 0 N–H and O–H groups in total. The van der Waals surface area contributed by atoms with E-state index in [0.29, 0.717) is 23.4 Å². The number of rotatable bonds is 3. The van der Waals surface area contributed by atoms with Crippen LogP contribution in [0, 0.1) is 10.1 Å². The largest absolute Gasteiger partial charge is 0.426 e. The number of nitrogens with zero attached hydrogens (tertiary/aromatic N) is 3. The lowest BCUT2D eigenvalue weighted by atomic mass is 10.1. The van der Waals surface area contributed by atoms with Gasteiger partial charge in [-0.05, 0) is 16.6 Å². The summed E-state index contributed by atoms with van der Waals surface area (Å²) in [6.07, 6.45) is 3.01. The fraction of sp³-hybridized carbons (Fsp3) is 0.188. The van der Waals surface area contributed by atoms with Crippen LogP contribution in [0.5, 0.6) is 5.75 Å². The first-order valence-electron chi connectivity index (χ1n) is 7.10. The normalized spacial score (nSPS) is 14.8. The second-order valence-corrected chi connectivity index (χ2v) is 5.35. The predicted molar refractivity (Wildman–Crippen MR) is 83.6 cm³/mol. The van der Waals surface area contributed by atoms with Gasteiger partial charge in [-0.25, -0.2) is 9.55 Å². The number of carbonyl (C=O) groups excluding carboxylic acids is 2. The average molecular weight is 327 g/mol. The van der Waals surface area contributed by atoms with Gasteiger partial charge < -0.3 is 14.9 Å². The van der Waals surface area contributed by atoms with E-state index in [1.165, 1.54) is 24.6 Å². The van der Waals surface area contributed by atoms with Crippen LogP contribution in [0.2, 0.25) is 0 Å². The van der Waals surface area contributed by atoms with Crippen molar-refractivity contribution in [2.24, 2.45) is 7.05 Å². The second kappa shape index (κ2) is 5.73. The first kappa shape index (κ1) is 15.6. The van der Waals surface area contributed by atoms with Crippen molar-refractivity contribution in [2.45, 2.75) is 13.3 Å². The molecule has 1 aromatic carbocycles. The summed E-state index contributed by atoms with van der Waals surface area (Å²) in [5.41, 5.74) is 1.53. The lowest BCUT2D eigenvalue weighted by molar-refractivity contribution is -0.391. The number of ketones is 1. The Hall–Kier alpha value is -3.29. The SMILES string of the molecule is CC(=O)Oc1cccc2c1C(=O)C(=Cc1ncc([N+](=O)[O-])n1C)C2. The van der Waals surface area contributed by atoms with Crippen LogP contribution < -0.4 is 4.74 Å². The number of hydrogen-bond acceptors (Lipinski definition) is 6.